The van der Waals surface area contributed by atoms with Crippen LogP contribution in [-0.4, -0.2) is 35.1 Å². The fraction of sp³-hybridized carbons (Fsp3) is 0.350. The summed E-state index contributed by atoms with van der Waals surface area (Å²) in [7, 11) is -0.971. The summed E-state index contributed by atoms with van der Waals surface area (Å²) >= 11 is 1.80. The summed E-state index contributed by atoms with van der Waals surface area (Å²) < 4.78 is 47.0. The van der Waals surface area contributed by atoms with Crippen molar-refractivity contribution in [2.45, 2.75) is 30.2 Å². The minimum Gasteiger partial charge on any atom is -0.469 e. The maximum Gasteiger partial charge on any atom is 0.305 e. The molecule has 1 aliphatic rings. The number of ether oxygens (including phenoxy) is 1. The summed E-state index contributed by atoms with van der Waals surface area (Å²) in [6, 6.07) is 9.39. The molecule has 0 fully saturated rings. The van der Waals surface area contributed by atoms with Gasteiger partial charge in [-0.1, -0.05) is 18.2 Å². The molecular formula is C20H22FIN2O4S. The third-order valence-corrected chi connectivity index (χ3v) is 7.63. The van der Waals surface area contributed by atoms with Crippen LogP contribution >= 0.6 is 22.6 Å². The van der Waals surface area contributed by atoms with Gasteiger partial charge in [0.05, 0.1) is 27.3 Å². The van der Waals surface area contributed by atoms with Gasteiger partial charge in [0.2, 0.25) is 0 Å². The Labute approximate surface area is 183 Å². The summed E-state index contributed by atoms with van der Waals surface area (Å²) in [6.07, 6.45) is 1.65. The molecule has 0 bridgehead atoms. The van der Waals surface area contributed by atoms with Gasteiger partial charge in [-0.25, -0.2) is 12.8 Å². The van der Waals surface area contributed by atoms with Gasteiger partial charge < -0.3 is 10.1 Å². The second-order valence-electron chi connectivity index (χ2n) is 6.76. The third kappa shape index (κ3) is 4.41. The number of carbonyl (C=O) groups excluding carboxylic acids is 1. The molecule has 1 unspecified atom stereocenters. The van der Waals surface area contributed by atoms with E-state index in [0.717, 1.165) is 5.56 Å². The molecule has 1 heterocycles. The highest BCUT2D eigenvalue weighted by Crippen LogP contribution is 2.40. The van der Waals surface area contributed by atoms with E-state index < -0.39 is 21.9 Å². The summed E-state index contributed by atoms with van der Waals surface area (Å²) in [5.41, 5.74) is 1.68. The summed E-state index contributed by atoms with van der Waals surface area (Å²) in [4.78, 5) is 11.4. The van der Waals surface area contributed by atoms with Gasteiger partial charge in [0.15, 0.2) is 0 Å². The fourth-order valence-corrected chi connectivity index (χ4v) is 5.56. The zero-order valence-corrected chi connectivity index (χ0v) is 19.1. The summed E-state index contributed by atoms with van der Waals surface area (Å²) in [6.45, 7) is 0.535. The topological polar surface area (TPSA) is 75.7 Å². The molecule has 0 aromatic heterocycles. The van der Waals surface area contributed by atoms with Crippen molar-refractivity contribution in [1.82, 2.24) is 5.32 Å². The van der Waals surface area contributed by atoms with E-state index in [-0.39, 0.29) is 14.4 Å². The molecular weight excluding hydrogens is 510 g/mol. The van der Waals surface area contributed by atoms with Crippen molar-refractivity contribution >= 4 is 44.3 Å². The number of hydrogen-bond donors (Lipinski definition) is 1. The van der Waals surface area contributed by atoms with Crippen LogP contribution in [0.15, 0.2) is 41.3 Å². The smallest absolute Gasteiger partial charge is 0.305 e. The lowest BCUT2D eigenvalue weighted by Gasteiger charge is -2.22. The first-order valence-corrected chi connectivity index (χ1v) is 11.7. The predicted octanol–water partition coefficient (Wildman–Crippen LogP) is 3.59. The quantitative estimate of drug-likeness (QED) is 0.350. The van der Waals surface area contributed by atoms with Gasteiger partial charge in [0, 0.05) is 13.5 Å². The van der Waals surface area contributed by atoms with Gasteiger partial charge in [-0.15, -0.1) is 0 Å². The average molecular weight is 532 g/mol. The van der Waals surface area contributed by atoms with E-state index in [9.17, 15) is 17.6 Å². The van der Waals surface area contributed by atoms with E-state index in [1.165, 1.54) is 30.6 Å². The number of para-hydroxylation sites is 1. The van der Waals surface area contributed by atoms with E-state index in [0.29, 0.717) is 37.1 Å². The highest BCUT2D eigenvalue weighted by Gasteiger charge is 2.35. The van der Waals surface area contributed by atoms with Crippen LogP contribution in [0, 0.1) is 9.39 Å². The average Bonchev–Trinajstić information content (AvgIpc) is 2.77. The molecule has 0 saturated heterocycles. The normalized spacial score (nSPS) is 17.2. The van der Waals surface area contributed by atoms with E-state index in [1.807, 2.05) is 12.1 Å². The Morgan fingerprint density at radius 3 is 2.69 bits per heavy atom. The zero-order valence-electron chi connectivity index (χ0n) is 16.1. The van der Waals surface area contributed by atoms with Crippen LogP contribution < -0.4 is 9.62 Å². The van der Waals surface area contributed by atoms with Gasteiger partial charge >= 0.3 is 5.97 Å². The van der Waals surface area contributed by atoms with Gasteiger partial charge in [0.1, 0.15) is 5.82 Å². The number of fused-ring (bicyclic) bond motifs is 2. The Kier molecular flexibility index (Phi) is 6.79. The number of carbonyl (C=O) groups is 1. The molecule has 0 amide bonds. The maximum atomic E-state index is 14.4. The first kappa shape index (κ1) is 22.0. The summed E-state index contributed by atoms with van der Waals surface area (Å²) in [5.74, 6) is -0.724. The van der Waals surface area contributed by atoms with Crippen molar-refractivity contribution in [2.75, 3.05) is 25.0 Å². The minimum absolute atomic E-state index is 0.0917. The fourth-order valence-electron chi connectivity index (χ4n) is 3.42. The van der Waals surface area contributed by atoms with Crippen molar-refractivity contribution in [3.63, 3.8) is 0 Å². The van der Waals surface area contributed by atoms with Gasteiger partial charge in [-0.05, 0) is 71.3 Å². The number of anilines is 1. The van der Waals surface area contributed by atoms with Crippen LogP contribution in [0.3, 0.4) is 0 Å². The molecule has 2 aromatic carbocycles. The molecule has 1 N–H and O–H groups in total. The van der Waals surface area contributed by atoms with Crippen LogP contribution in [0.1, 0.15) is 36.4 Å². The molecule has 6 nitrogen and oxygen atoms in total. The second-order valence-corrected chi connectivity index (χ2v) is 9.86. The third-order valence-electron chi connectivity index (χ3n) is 4.97. The SMILES string of the molecule is COC(=O)CCCCNC1c2ccccc2N(C)S(=O)(=O)c2cc(I)c(F)cc21. The molecule has 3 rings (SSSR count). The highest BCUT2D eigenvalue weighted by atomic mass is 127. The first-order chi connectivity index (χ1) is 13.8. The van der Waals surface area contributed by atoms with Gasteiger partial charge in [-0.2, -0.15) is 0 Å². The number of hydrogen-bond acceptors (Lipinski definition) is 5. The number of halogens is 2. The molecule has 0 spiro atoms. The summed E-state index contributed by atoms with van der Waals surface area (Å²) in [5, 5.41) is 3.36. The molecule has 1 aliphatic heterocycles. The largest absolute Gasteiger partial charge is 0.469 e. The molecule has 0 radical (unpaired) electrons. The highest BCUT2D eigenvalue weighted by molar-refractivity contribution is 14.1. The molecule has 0 aliphatic carbocycles. The van der Waals surface area contributed by atoms with Crippen molar-refractivity contribution in [2.24, 2.45) is 0 Å². The molecule has 156 valence electrons. The Morgan fingerprint density at radius 1 is 1.24 bits per heavy atom. The van der Waals surface area contributed by atoms with Gasteiger partial charge in [-0.3, -0.25) is 9.10 Å². The first-order valence-electron chi connectivity index (χ1n) is 9.14. The Hall–Kier alpha value is -1.72. The van der Waals surface area contributed by atoms with E-state index in [4.69, 9.17) is 0 Å². The number of methoxy groups -OCH3 is 1. The Bertz CT molecular complexity index is 1030. The number of nitrogens with one attached hydrogen (secondary N) is 1. The number of benzene rings is 2. The Balaban J connectivity index is 2.00. The monoisotopic (exact) mass is 532 g/mol. The van der Waals surface area contributed by atoms with E-state index >= 15 is 0 Å². The molecule has 1 atom stereocenters. The Morgan fingerprint density at radius 2 is 1.97 bits per heavy atom. The van der Waals surface area contributed by atoms with Crippen molar-refractivity contribution in [3.8, 4) is 0 Å². The predicted molar refractivity (Wildman–Crippen MR) is 117 cm³/mol. The van der Waals surface area contributed by atoms with Crippen LogP contribution in [-0.2, 0) is 19.6 Å². The zero-order chi connectivity index (χ0) is 21.2. The van der Waals surface area contributed by atoms with E-state index in [1.54, 1.807) is 34.7 Å². The minimum atomic E-state index is -3.83. The second kappa shape index (κ2) is 8.97. The van der Waals surface area contributed by atoms with Crippen LogP contribution in [0.25, 0.3) is 0 Å². The molecule has 29 heavy (non-hydrogen) atoms. The molecule has 9 heteroatoms. The van der Waals surface area contributed by atoms with Crippen LogP contribution in [0.5, 0.6) is 0 Å². The van der Waals surface area contributed by atoms with Crippen molar-refractivity contribution in [3.05, 3.63) is 56.9 Å². The van der Waals surface area contributed by atoms with Crippen molar-refractivity contribution in [1.29, 1.82) is 0 Å². The maximum absolute atomic E-state index is 14.4. The van der Waals surface area contributed by atoms with Crippen molar-refractivity contribution < 1.29 is 22.3 Å². The number of rotatable bonds is 6. The van der Waals surface area contributed by atoms with E-state index in [2.05, 4.69) is 10.1 Å². The number of unbranched alkanes of at least 4 members (excludes halogenated alkanes) is 1. The molecule has 2 aromatic rings. The lowest BCUT2D eigenvalue weighted by Crippen LogP contribution is -2.26. The standard InChI is InChI=1S/C20H22FIN2O4S/c1-24-17-8-4-3-7-13(17)20(23-10-6-5-9-19(25)28-2)14-11-15(21)16(22)12-18(14)29(24,26)27/h3-4,7-8,11-12,20,23H,5-6,9-10H2,1-2H3. The number of esters is 1. The molecule has 0 saturated carbocycles. The van der Waals surface area contributed by atoms with Crippen LogP contribution in [0.2, 0.25) is 0 Å². The van der Waals surface area contributed by atoms with Crippen LogP contribution in [0.4, 0.5) is 10.1 Å². The number of sulfonamides is 1. The number of nitrogens with zero attached hydrogens (tertiary/aromatic N) is 1. The lowest BCUT2D eigenvalue weighted by atomic mass is 9.96. The lowest BCUT2D eigenvalue weighted by molar-refractivity contribution is -0.140. The van der Waals surface area contributed by atoms with Gasteiger partial charge in [0.25, 0.3) is 10.0 Å².